The lowest BCUT2D eigenvalue weighted by Crippen LogP contribution is -2.46. The van der Waals surface area contributed by atoms with E-state index in [1.165, 1.54) is 0 Å². The lowest BCUT2D eigenvalue weighted by Gasteiger charge is -2.13. The number of benzene rings is 1. The van der Waals surface area contributed by atoms with E-state index in [0.717, 1.165) is 27.9 Å². The van der Waals surface area contributed by atoms with Gasteiger partial charge < -0.3 is 4.57 Å². The van der Waals surface area contributed by atoms with E-state index in [1.807, 2.05) is 31.3 Å². The average Bonchev–Trinajstić information content (AvgIpc) is 2.36. The van der Waals surface area contributed by atoms with Gasteiger partial charge in [0.05, 0.1) is 5.52 Å². The summed E-state index contributed by atoms with van der Waals surface area (Å²) in [4.78, 5) is 12.4. The Morgan fingerprint density at radius 3 is 2.88 bits per heavy atom. The number of hydrogen-bond donors (Lipinski definition) is 0. The van der Waals surface area contributed by atoms with Crippen molar-refractivity contribution in [1.82, 2.24) is 4.57 Å². The SMILES string of the molecule is CC1C=c2c(c(=O)c3ccccc3n2C)=CC1. The molecule has 2 nitrogen and oxygen atoms in total. The van der Waals surface area contributed by atoms with Gasteiger partial charge in [-0.05, 0) is 24.5 Å². The van der Waals surface area contributed by atoms with Crippen molar-refractivity contribution in [2.24, 2.45) is 13.0 Å². The molecule has 0 fully saturated rings. The minimum Gasteiger partial charge on any atom is -0.344 e. The zero-order chi connectivity index (χ0) is 12.0. The summed E-state index contributed by atoms with van der Waals surface area (Å²) in [5.41, 5.74) is 1.17. The number of nitrogens with zero attached hydrogens (tertiary/aromatic N) is 1. The topological polar surface area (TPSA) is 22.0 Å². The highest BCUT2D eigenvalue weighted by atomic mass is 16.1. The smallest absolute Gasteiger partial charge is 0.196 e. The van der Waals surface area contributed by atoms with Crippen LogP contribution in [0.15, 0.2) is 29.1 Å². The molecule has 0 saturated heterocycles. The predicted octanol–water partition coefficient (Wildman–Crippen LogP) is 1.14. The molecule has 0 N–H and O–H groups in total. The molecule has 0 aliphatic heterocycles. The van der Waals surface area contributed by atoms with E-state index in [-0.39, 0.29) is 5.43 Å². The molecule has 2 heteroatoms. The van der Waals surface area contributed by atoms with Crippen LogP contribution >= 0.6 is 0 Å². The molecule has 2 aromatic rings. The van der Waals surface area contributed by atoms with Gasteiger partial charge in [-0.15, -0.1) is 0 Å². The maximum Gasteiger partial charge on any atom is 0.196 e. The molecular weight excluding hydrogens is 210 g/mol. The Morgan fingerprint density at radius 2 is 2.06 bits per heavy atom. The van der Waals surface area contributed by atoms with E-state index < -0.39 is 0 Å². The molecule has 0 amide bonds. The molecule has 86 valence electrons. The van der Waals surface area contributed by atoms with Crippen LogP contribution in [0, 0.1) is 5.92 Å². The molecule has 1 unspecified atom stereocenters. The van der Waals surface area contributed by atoms with Gasteiger partial charge in [-0.3, -0.25) is 4.79 Å². The number of para-hydroxylation sites is 1. The number of aryl methyl sites for hydroxylation is 1. The van der Waals surface area contributed by atoms with Crippen molar-refractivity contribution in [3.05, 3.63) is 45.1 Å². The zero-order valence-corrected chi connectivity index (χ0v) is 10.1. The second-order valence-corrected chi connectivity index (χ2v) is 4.79. The molecule has 0 spiro atoms. The summed E-state index contributed by atoms with van der Waals surface area (Å²) in [7, 11) is 2.03. The van der Waals surface area contributed by atoms with Crippen LogP contribution in [-0.4, -0.2) is 4.57 Å². The normalized spacial score (nSPS) is 18.4. The van der Waals surface area contributed by atoms with E-state index in [1.54, 1.807) is 0 Å². The third kappa shape index (κ3) is 1.44. The lowest BCUT2D eigenvalue weighted by atomic mass is 10.0. The highest BCUT2D eigenvalue weighted by Crippen LogP contribution is 2.08. The van der Waals surface area contributed by atoms with Gasteiger partial charge in [0.25, 0.3) is 0 Å². The first-order valence-corrected chi connectivity index (χ1v) is 5.98. The third-order valence-electron chi connectivity index (χ3n) is 3.53. The molecule has 17 heavy (non-hydrogen) atoms. The Hall–Kier alpha value is -1.83. The highest BCUT2D eigenvalue weighted by Gasteiger charge is 2.09. The van der Waals surface area contributed by atoms with Crippen LogP contribution in [0.4, 0.5) is 0 Å². The molecule has 1 aromatic carbocycles. The first-order valence-electron chi connectivity index (χ1n) is 5.98. The highest BCUT2D eigenvalue weighted by molar-refractivity contribution is 5.79. The third-order valence-corrected chi connectivity index (χ3v) is 3.53. The van der Waals surface area contributed by atoms with Gasteiger partial charge in [-0.2, -0.15) is 0 Å². The number of fused-ring (bicyclic) bond motifs is 2. The van der Waals surface area contributed by atoms with E-state index in [9.17, 15) is 4.79 Å². The van der Waals surface area contributed by atoms with Gasteiger partial charge in [-0.25, -0.2) is 0 Å². The Labute approximate surface area is 99.5 Å². The van der Waals surface area contributed by atoms with Crippen molar-refractivity contribution in [1.29, 1.82) is 0 Å². The van der Waals surface area contributed by atoms with Gasteiger partial charge in [0.2, 0.25) is 0 Å². The largest absolute Gasteiger partial charge is 0.344 e. The number of pyridine rings is 1. The van der Waals surface area contributed by atoms with Gasteiger partial charge in [0.1, 0.15) is 0 Å². The lowest BCUT2D eigenvalue weighted by molar-refractivity contribution is 0.774. The summed E-state index contributed by atoms with van der Waals surface area (Å²) in [6, 6.07) is 7.81. The van der Waals surface area contributed by atoms with Crippen molar-refractivity contribution in [2.45, 2.75) is 13.3 Å². The van der Waals surface area contributed by atoms with E-state index >= 15 is 0 Å². The molecule has 0 radical (unpaired) electrons. The summed E-state index contributed by atoms with van der Waals surface area (Å²) < 4.78 is 2.12. The van der Waals surface area contributed by atoms with E-state index in [2.05, 4.69) is 23.6 Å². The zero-order valence-electron chi connectivity index (χ0n) is 10.1. The van der Waals surface area contributed by atoms with Crippen molar-refractivity contribution in [3.8, 4) is 0 Å². The van der Waals surface area contributed by atoms with Crippen molar-refractivity contribution in [3.63, 3.8) is 0 Å². The van der Waals surface area contributed by atoms with Crippen LogP contribution in [0.1, 0.15) is 13.3 Å². The van der Waals surface area contributed by atoms with Crippen LogP contribution in [-0.2, 0) is 7.05 Å². The minimum absolute atomic E-state index is 0.164. The van der Waals surface area contributed by atoms with Gasteiger partial charge >= 0.3 is 0 Å². The van der Waals surface area contributed by atoms with Crippen LogP contribution in [0.3, 0.4) is 0 Å². The Bertz CT molecular complexity index is 768. The molecule has 1 atom stereocenters. The van der Waals surface area contributed by atoms with Gasteiger partial charge in [-0.1, -0.05) is 31.2 Å². The number of rotatable bonds is 0. The molecule has 0 saturated carbocycles. The van der Waals surface area contributed by atoms with Crippen LogP contribution in [0.5, 0.6) is 0 Å². The molecular formula is C15H15NO. The van der Waals surface area contributed by atoms with Crippen molar-refractivity contribution < 1.29 is 0 Å². The quantitative estimate of drug-likeness (QED) is 0.659. The van der Waals surface area contributed by atoms with Crippen molar-refractivity contribution in [2.75, 3.05) is 0 Å². The summed E-state index contributed by atoms with van der Waals surface area (Å²) in [5, 5.41) is 2.74. The standard InChI is InChI=1S/C15H15NO/c1-10-7-8-12-14(9-10)16(2)13-6-4-3-5-11(13)15(12)17/h3-6,8-10H,7H2,1-2H3. The molecule has 1 aliphatic rings. The van der Waals surface area contributed by atoms with E-state index in [0.29, 0.717) is 5.92 Å². The average molecular weight is 225 g/mol. The molecule has 1 heterocycles. The first-order chi connectivity index (χ1) is 8.18. The van der Waals surface area contributed by atoms with Crippen LogP contribution < -0.4 is 16.0 Å². The Balaban J connectivity index is 2.65. The fourth-order valence-corrected chi connectivity index (χ4v) is 2.57. The summed E-state index contributed by atoms with van der Waals surface area (Å²) in [5.74, 6) is 0.509. The first kappa shape index (κ1) is 10.3. The minimum atomic E-state index is 0.164. The van der Waals surface area contributed by atoms with Crippen molar-refractivity contribution >= 4 is 23.1 Å². The molecule has 3 rings (SSSR count). The van der Waals surface area contributed by atoms with Gasteiger partial charge in [0, 0.05) is 23.0 Å². The summed E-state index contributed by atoms with van der Waals surface area (Å²) in [6.07, 6.45) is 5.23. The monoisotopic (exact) mass is 225 g/mol. The number of aromatic nitrogens is 1. The second kappa shape index (κ2) is 3.59. The fraction of sp³-hybridized carbons (Fsp3) is 0.267. The predicted molar refractivity (Wildman–Crippen MR) is 71.2 cm³/mol. The second-order valence-electron chi connectivity index (χ2n) is 4.79. The van der Waals surface area contributed by atoms with Crippen LogP contribution in [0.25, 0.3) is 23.1 Å². The Morgan fingerprint density at radius 1 is 1.29 bits per heavy atom. The van der Waals surface area contributed by atoms with Crippen LogP contribution in [0.2, 0.25) is 0 Å². The maximum atomic E-state index is 12.4. The van der Waals surface area contributed by atoms with E-state index in [4.69, 9.17) is 0 Å². The maximum absolute atomic E-state index is 12.4. The fourth-order valence-electron chi connectivity index (χ4n) is 2.57. The summed E-state index contributed by atoms with van der Waals surface area (Å²) >= 11 is 0. The summed E-state index contributed by atoms with van der Waals surface area (Å²) in [6.45, 7) is 2.18. The molecule has 0 bridgehead atoms. The van der Waals surface area contributed by atoms with Gasteiger partial charge in [0.15, 0.2) is 5.43 Å². The Kier molecular flexibility index (Phi) is 2.18. The molecule has 1 aromatic heterocycles. The number of hydrogen-bond acceptors (Lipinski definition) is 1. The molecule has 1 aliphatic carbocycles.